The zero-order chi connectivity index (χ0) is 14.0. The maximum absolute atomic E-state index is 11.8. The van der Waals surface area contributed by atoms with Gasteiger partial charge < -0.3 is 18.6 Å². The lowest BCUT2D eigenvalue weighted by Gasteiger charge is -2.18. The van der Waals surface area contributed by atoms with E-state index in [4.69, 9.17) is 13.5 Å². The fourth-order valence-electron chi connectivity index (χ4n) is 1.98. The third-order valence-corrected chi connectivity index (χ3v) is 4.99. The number of aliphatic hydroxyl groups excluding tert-OH is 1. The Kier molecular flexibility index (Phi) is 5.06. The maximum Gasteiger partial charge on any atom is 0.350 e. The van der Waals surface area contributed by atoms with Crippen molar-refractivity contribution in [2.45, 2.75) is 22.8 Å². The zero-order valence-corrected chi connectivity index (χ0v) is 13.1. The Morgan fingerprint density at radius 1 is 1.68 bits per heavy atom. The minimum absolute atomic E-state index is 0.0497. The predicted molar refractivity (Wildman–Crippen MR) is 80.1 cm³/mol. The molecular weight excluding hydrogens is 385 g/mol. The smallest absolute Gasteiger partial charge is 0.350 e. The van der Waals surface area contributed by atoms with Crippen molar-refractivity contribution in [3.8, 4) is 0 Å². The summed E-state index contributed by atoms with van der Waals surface area (Å²) in [6.45, 7) is 0.434. The Morgan fingerprint density at radius 3 is 3.00 bits per heavy atom. The number of nitrogens with two attached hydrogens (primary N) is 1. The Bertz CT molecular complexity index is 500. The molecule has 1 aromatic heterocycles. The van der Waals surface area contributed by atoms with Gasteiger partial charge in [-0.25, -0.2) is 4.79 Å². The molecule has 0 bridgehead atoms. The van der Waals surface area contributed by atoms with E-state index < -0.39 is 23.3 Å². The van der Waals surface area contributed by atoms with Gasteiger partial charge in [-0.3, -0.25) is 4.57 Å². The standard InChI is InChI=1S/C10H14IN3O4S/c1-17-4-5-8(18-11)7(15)9(19-5)14-3-2-6(12)13-10(14)16/h2-3,5,7-9,15H,4H2,1H3,(H2,12,13,16)/t5-,7+,8-,9-/m1/s1. The average molecular weight is 399 g/mol. The van der Waals surface area contributed by atoms with Crippen LogP contribution in [-0.4, -0.2) is 45.8 Å². The summed E-state index contributed by atoms with van der Waals surface area (Å²) in [5.41, 5.74) is 4.97. The number of hydrogen-bond acceptors (Lipinski definition) is 7. The lowest BCUT2D eigenvalue weighted by molar-refractivity contribution is 0.0442. The normalized spacial score (nSPS) is 30.7. The molecule has 1 saturated heterocycles. The maximum atomic E-state index is 11.8. The van der Waals surface area contributed by atoms with Gasteiger partial charge in [0.25, 0.3) is 0 Å². The van der Waals surface area contributed by atoms with E-state index in [-0.39, 0.29) is 11.1 Å². The van der Waals surface area contributed by atoms with E-state index in [1.165, 1.54) is 28.6 Å². The highest BCUT2D eigenvalue weighted by Gasteiger charge is 2.45. The minimum Gasteiger partial charge on any atom is -0.387 e. The van der Waals surface area contributed by atoms with Gasteiger partial charge in [0.2, 0.25) is 0 Å². The molecule has 0 aliphatic carbocycles. The molecule has 4 atom stereocenters. The van der Waals surface area contributed by atoms with Crippen molar-refractivity contribution in [1.29, 1.82) is 0 Å². The van der Waals surface area contributed by atoms with Gasteiger partial charge in [0.05, 0.1) is 11.9 Å². The Labute approximate surface area is 128 Å². The first-order valence-electron chi connectivity index (χ1n) is 5.53. The minimum atomic E-state index is -0.815. The molecule has 19 heavy (non-hydrogen) atoms. The van der Waals surface area contributed by atoms with E-state index in [1.807, 2.05) is 0 Å². The number of hydrogen-bond donors (Lipinski definition) is 2. The fraction of sp³-hybridized carbons (Fsp3) is 0.600. The molecule has 9 heteroatoms. The molecule has 0 spiro atoms. The van der Waals surface area contributed by atoms with Gasteiger partial charge in [0, 0.05) is 13.3 Å². The zero-order valence-electron chi connectivity index (χ0n) is 10.1. The van der Waals surface area contributed by atoms with E-state index in [9.17, 15) is 9.90 Å². The van der Waals surface area contributed by atoms with Crippen LogP contribution >= 0.6 is 34.8 Å². The van der Waals surface area contributed by atoms with Gasteiger partial charge >= 0.3 is 5.69 Å². The van der Waals surface area contributed by atoms with Crippen molar-refractivity contribution in [3.05, 3.63) is 22.7 Å². The number of anilines is 1. The van der Waals surface area contributed by atoms with Crippen LogP contribution in [0, 0.1) is 0 Å². The summed E-state index contributed by atoms with van der Waals surface area (Å²) in [7, 11) is 1.58. The molecular formula is C10H14IN3O4S. The molecule has 0 unspecified atom stereocenters. The Balaban J connectivity index is 2.28. The number of aliphatic hydroxyl groups is 1. The SMILES string of the molecule is COC[C@H]1S[C@@H](n2ccc(N)nc2=O)[C@@H](O)[C@@H]1OI. The highest BCUT2D eigenvalue weighted by Crippen LogP contribution is 2.43. The highest BCUT2D eigenvalue weighted by molar-refractivity contribution is 14.1. The molecule has 106 valence electrons. The number of aromatic nitrogens is 2. The van der Waals surface area contributed by atoms with Crippen LogP contribution in [0.2, 0.25) is 0 Å². The molecule has 1 aromatic rings. The summed E-state index contributed by atoms with van der Waals surface area (Å²) in [5.74, 6) is 0.161. The van der Waals surface area contributed by atoms with Crippen LogP contribution in [0.4, 0.5) is 5.82 Å². The van der Waals surface area contributed by atoms with Gasteiger partial charge in [-0.2, -0.15) is 4.98 Å². The van der Waals surface area contributed by atoms with Crippen molar-refractivity contribution in [1.82, 2.24) is 9.55 Å². The van der Waals surface area contributed by atoms with Crippen LogP contribution < -0.4 is 11.4 Å². The highest BCUT2D eigenvalue weighted by atomic mass is 127. The summed E-state index contributed by atoms with van der Waals surface area (Å²) in [4.78, 5) is 15.5. The van der Waals surface area contributed by atoms with Crippen molar-refractivity contribution in [2.24, 2.45) is 0 Å². The van der Waals surface area contributed by atoms with Gasteiger partial charge in [0.15, 0.2) is 0 Å². The van der Waals surface area contributed by atoms with Crippen LogP contribution in [0.5, 0.6) is 0 Å². The van der Waals surface area contributed by atoms with Crippen molar-refractivity contribution >= 4 is 40.6 Å². The number of methoxy groups -OCH3 is 1. The number of thioether (sulfide) groups is 1. The number of ether oxygens (including phenoxy) is 1. The Morgan fingerprint density at radius 2 is 2.42 bits per heavy atom. The van der Waals surface area contributed by atoms with Crippen LogP contribution in [0.15, 0.2) is 17.1 Å². The largest absolute Gasteiger partial charge is 0.387 e. The van der Waals surface area contributed by atoms with Crippen LogP contribution in [0.1, 0.15) is 5.37 Å². The first-order valence-corrected chi connectivity index (χ1v) is 7.35. The van der Waals surface area contributed by atoms with Crippen LogP contribution in [0.3, 0.4) is 0 Å². The summed E-state index contributed by atoms with van der Waals surface area (Å²) in [6, 6.07) is 1.53. The number of nitrogens with zero attached hydrogens (tertiary/aromatic N) is 2. The monoisotopic (exact) mass is 399 g/mol. The lowest BCUT2D eigenvalue weighted by Crippen LogP contribution is -2.36. The van der Waals surface area contributed by atoms with Crippen LogP contribution in [-0.2, 0) is 7.80 Å². The lowest BCUT2D eigenvalue weighted by atomic mass is 10.1. The quantitative estimate of drug-likeness (QED) is 0.697. The summed E-state index contributed by atoms with van der Waals surface area (Å²) < 4.78 is 11.7. The molecule has 3 N–H and O–H groups in total. The van der Waals surface area contributed by atoms with E-state index in [0.717, 1.165) is 0 Å². The van der Waals surface area contributed by atoms with Crippen molar-refractivity contribution in [3.63, 3.8) is 0 Å². The molecule has 0 amide bonds. The number of nitrogen functional groups attached to an aromatic ring is 1. The van der Waals surface area contributed by atoms with Gasteiger partial charge in [-0.15, -0.1) is 11.8 Å². The number of halogens is 1. The summed E-state index contributed by atoms with van der Waals surface area (Å²) >= 11 is 3.18. The molecule has 0 saturated carbocycles. The molecule has 2 rings (SSSR count). The second-order valence-electron chi connectivity index (χ2n) is 4.11. The van der Waals surface area contributed by atoms with Gasteiger partial charge in [-0.1, -0.05) is 0 Å². The van der Waals surface area contributed by atoms with Gasteiger partial charge in [0.1, 0.15) is 46.4 Å². The molecule has 0 radical (unpaired) electrons. The summed E-state index contributed by atoms with van der Waals surface area (Å²) in [6.07, 6.45) is 0.315. The third-order valence-electron chi connectivity index (χ3n) is 2.87. The first kappa shape index (κ1) is 15.0. The molecule has 1 aliphatic rings. The van der Waals surface area contributed by atoms with Crippen molar-refractivity contribution < 1.29 is 12.9 Å². The van der Waals surface area contributed by atoms with E-state index in [1.54, 1.807) is 30.1 Å². The third kappa shape index (κ3) is 3.05. The molecule has 1 aliphatic heterocycles. The molecule has 2 heterocycles. The van der Waals surface area contributed by atoms with E-state index in [0.29, 0.717) is 6.61 Å². The van der Waals surface area contributed by atoms with Crippen molar-refractivity contribution in [2.75, 3.05) is 19.5 Å². The predicted octanol–water partition coefficient (Wildman–Crippen LogP) is 0.182. The molecule has 7 nitrogen and oxygen atoms in total. The van der Waals surface area contributed by atoms with Gasteiger partial charge in [-0.05, 0) is 6.07 Å². The topological polar surface area (TPSA) is 99.6 Å². The first-order chi connectivity index (χ1) is 9.08. The van der Waals surface area contributed by atoms with Crippen LogP contribution in [0.25, 0.3) is 0 Å². The second-order valence-corrected chi connectivity index (χ2v) is 5.98. The van der Waals surface area contributed by atoms with E-state index in [2.05, 4.69) is 4.98 Å². The fourth-order valence-corrected chi connectivity index (χ4v) is 4.38. The number of rotatable bonds is 4. The summed E-state index contributed by atoms with van der Waals surface area (Å²) in [5, 5.41) is 9.76. The second kappa shape index (κ2) is 6.39. The average Bonchev–Trinajstić information content (AvgIpc) is 2.66. The van der Waals surface area contributed by atoms with E-state index >= 15 is 0 Å². The molecule has 0 aromatic carbocycles. The Hall–Kier alpha value is -0.360. The molecule has 1 fully saturated rings.